The zero-order valence-electron chi connectivity index (χ0n) is 13.2. The molecule has 24 heavy (non-hydrogen) atoms. The molecule has 2 rings (SSSR count). The number of halogens is 1. The van der Waals surface area contributed by atoms with Gasteiger partial charge in [-0.1, -0.05) is 30.3 Å². The van der Waals surface area contributed by atoms with E-state index < -0.39 is 4.92 Å². The van der Waals surface area contributed by atoms with E-state index in [1.54, 1.807) is 43.4 Å². The van der Waals surface area contributed by atoms with Gasteiger partial charge in [0, 0.05) is 38.2 Å². The van der Waals surface area contributed by atoms with Crippen molar-refractivity contribution in [1.29, 1.82) is 0 Å². The molecule has 0 bridgehead atoms. The first kappa shape index (κ1) is 17.4. The number of rotatable bonds is 7. The number of nitro benzene ring substituents is 1. The summed E-state index contributed by atoms with van der Waals surface area (Å²) in [4.78, 5) is 24.0. The van der Waals surface area contributed by atoms with E-state index in [0.29, 0.717) is 11.3 Å². The first-order valence-corrected chi connectivity index (χ1v) is 7.43. The monoisotopic (exact) mass is 331 g/mol. The van der Waals surface area contributed by atoms with Crippen LogP contribution >= 0.6 is 0 Å². The summed E-state index contributed by atoms with van der Waals surface area (Å²) in [6.07, 6.45) is 0.150. The van der Waals surface area contributed by atoms with Crippen molar-refractivity contribution < 1.29 is 14.1 Å². The number of hydrogen-bond donors (Lipinski definition) is 1. The Bertz CT molecular complexity index is 737. The molecule has 0 unspecified atom stereocenters. The summed E-state index contributed by atoms with van der Waals surface area (Å²) >= 11 is 0. The molecule has 1 amide bonds. The van der Waals surface area contributed by atoms with Crippen LogP contribution in [0.15, 0.2) is 48.5 Å². The second kappa shape index (κ2) is 8.05. The lowest BCUT2D eigenvalue weighted by molar-refractivity contribution is -0.384. The van der Waals surface area contributed by atoms with Crippen LogP contribution < -0.4 is 5.32 Å². The number of anilines is 1. The normalized spacial score (nSPS) is 10.2. The fraction of sp³-hybridized carbons (Fsp3) is 0.235. The largest absolute Gasteiger partial charge is 0.379 e. The van der Waals surface area contributed by atoms with E-state index in [4.69, 9.17) is 0 Å². The first-order valence-electron chi connectivity index (χ1n) is 7.43. The fourth-order valence-corrected chi connectivity index (χ4v) is 2.25. The summed E-state index contributed by atoms with van der Waals surface area (Å²) < 4.78 is 13.6. The molecule has 0 spiro atoms. The molecule has 1 N–H and O–H groups in total. The van der Waals surface area contributed by atoms with E-state index >= 15 is 0 Å². The SMILES string of the molecule is CN(Cc1ccccc1F)C(=O)CCNc1ccccc1[N+](=O)[O-]. The molecule has 0 aromatic heterocycles. The summed E-state index contributed by atoms with van der Waals surface area (Å²) in [5.41, 5.74) is 0.775. The van der Waals surface area contributed by atoms with Crippen LogP contribution in [0, 0.1) is 15.9 Å². The molecule has 0 aliphatic rings. The molecule has 0 atom stereocenters. The third-order valence-electron chi connectivity index (χ3n) is 3.55. The zero-order valence-corrected chi connectivity index (χ0v) is 13.2. The van der Waals surface area contributed by atoms with Gasteiger partial charge in [0.15, 0.2) is 0 Å². The Balaban J connectivity index is 1.87. The van der Waals surface area contributed by atoms with E-state index in [2.05, 4.69) is 5.32 Å². The summed E-state index contributed by atoms with van der Waals surface area (Å²) in [6, 6.07) is 12.5. The molecular weight excluding hydrogens is 313 g/mol. The van der Waals surface area contributed by atoms with Gasteiger partial charge in [-0.15, -0.1) is 0 Å². The van der Waals surface area contributed by atoms with Crippen LogP contribution in [0.1, 0.15) is 12.0 Å². The summed E-state index contributed by atoms with van der Waals surface area (Å²) in [5.74, 6) is -0.528. The molecule has 0 aliphatic heterocycles. The van der Waals surface area contributed by atoms with E-state index in [1.807, 2.05) is 0 Å². The quantitative estimate of drug-likeness (QED) is 0.624. The number of nitrogens with one attached hydrogen (secondary N) is 1. The second-order valence-electron chi connectivity index (χ2n) is 5.29. The van der Waals surface area contributed by atoms with Crippen LogP contribution in [0.5, 0.6) is 0 Å². The van der Waals surface area contributed by atoms with Gasteiger partial charge in [-0.2, -0.15) is 0 Å². The van der Waals surface area contributed by atoms with Gasteiger partial charge in [-0.05, 0) is 12.1 Å². The summed E-state index contributed by atoms with van der Waals surface area (Å²) in [5, 5.41) is 13.8. The topological polar surface area (TPSA) is 75.5 Å². The Morgan fingerprint density at radius 2 is 1.88 bits per heavy atom. The average molecular weight is 331 g/mol. The minimum absolute atomic E-state index is 0.0374. The molecule has 126 valence electrons. The van der Waals surface area contributed by atoms with Crippen LogP contribution in [-0.4, -0.2) is 29.3 Å². The van der Waals surface area contributed by atoms with Gasteiger partial charge in [-0.25, -0.2) is 4.39 Å². The lowest BCUT2D eigenvalue weighted by Gasteiger charge is -2.18. The number of hydrogen-bond acceptors (Lipinski definition) is 4. The lowest BCUT2D eigenvalue weighted by atomic mass is 10.2. The third kappa shape index (κ3) is 4.52. The second-order valence-corrected chi connectivity index (χ2v) is 5.29. The molecule has 2 aromatic rings. The first-order chi connectivity index (χ1) is 11.5. The molecule has 0 aliphatic carbocycles. The molecule has 0 saturated heterocycles. The third-order valence-corrected chi connectivity index (χ3v) is 3.55. The van der Waals surface area contributed by atoms with Gasteiger partial charge in [0.2, 0.25) is 5.91 Å². The van der Waals surface area contributed by atoms with Gasteiger partial charge in [0.1, 0.15) is 11.5 Å². The molecule has 7 heteroatoms. The van der Waals surface area contributed by atoms with Crippen molar-refractivity contribution in [3.8, 4) is 0 Å². The average Bonchev–Trinajstić information content (AvgIpc) is 2.57. The molecule has 0 heterocycles. The number of nitro groups is 1. The van der Waals surface area contributed by atoms with Crippen LogP contribution in [-0.2, 0) is 11.3 Å². The maximum absolute atomic E-state index is 13.6. The van der Waals surface area contributed by atoms with Gasteiger partial charge in [-0.3, -0.25) is 14.9 Å². The molecule has 0 saturated carbocycles. The molecule has 2 aromatic carbocycles. The summed E-state index contributed by atoms with van der Waals surface area (Å²) in [6.45, 7) is 0.433. The van der Waals surface area contributed by atoms with Gasteiger partial charge < -0.3 is 10.2 Å². The zero-order chi connectivity index (χ0) is 17.5. The molecular formula is C17H18FN3O3. The van der Waals surface area contributed by atoms with Crippen molar-refractivity contribution in [3.05, 3.63) is 70.0 Å². The van der Waals surface area contributed by atoms with Crippen LogP contribution in [0.4, 0.5) is 15.8 Å². The highest BCUT2D eigenvalue weighted by atomic mass is 19.1. The van der Waals surface area contributed by atoms with E-state index in [1.165, 1.54) is 17.0 Å². The number of nitrogens with zero attached hydrogens (tertiary/aromatic N) is 2. The van der Waals surface area contributed by atoms with Gasteiger partial charge in [0.05, 0.1) is 4.92 Å². The molecule has 6 nitrogen and oxygen atoms in total. The predicted octanol–water partition coefficient (Wildman–Crippen LogP) is 3.19. The number of amides is 1. The lowest BCUT2D eigenvalue weighted by Crippen LogP contribution is -2.28. The number of benzene rings is 2. The maximum Gasteiger partial charge on any atom is 0.292 e. The van der Waals surface area contributed by atoms with Crippen molar-refractivity contribution in [2.75, 3.05) is 18.9 Å². The molecule has 0 fully saturated rings. The van der Waals surface area contributed by atoms with Crippen LogP contribution in [0.25, 0.3) is 0 Å². The fourth-order valence-electron chi connectivity index (χ4n) is 2.25. The predicted molar refractivity (Wildman–Crippen MR) is 89.1 cm³/mol. The number of carbonyl (C=O) groups is 1. The minimum atomic E-state index is -0.478. The Labute approximate surface area is 139 Å². The van der Waals surface area contributed by atoms with Gasteiger partial charge in [0.25, 0.3) is 5.69 Å². The maximum atomic E-state index is 13.6. The van der Waals surface area contributed by atoms with Crippen LogP contribution in [0.2, 0.25) is 0 Å². The van der Waals surface area contributed by atoms with E-state index in [-0.39, 0.29) is 36.9 Å². The highest BCUT2D eigenvalue weighted by Crippen LogP contribution is 2.22. The minimum Gasteiger partial charge on any atom is -0.379 e. The Morgan fingerprint density at radius 3 is 2.58 bits per heavy atom. The van der Waals surface area contributed by atoms with E-state index in [9.17, 15) is 19.3 Å². The highest BCUT2D eigenvalue weighted by Gasteiger charge is 2.14. The Morgan fingerprint density at radius 1 is 1.21 bits per heavy atom. The smallest absolute Gasteiger partial charge is 0.292 e. The van der Waals surface area contributed by atoms with Crippen molar-refractivity contribution in [2.45, 2.75) is 13.0 Å². The highest BCUT2D eigenvalue weighted by molar-refractivity contribution is 5.76. The van der Waals surface area contributed by atoms with Crippen molar-refractivity contribution in [2.24, 2.45) is 0 Å². The summed E-state index contributed by atoms with van der Waals surface area (Å²) in [7, 11) is 1.60. The van der Waals surface area contributed by atoms with Crippen LogP contribution in [0.3, 0.4) is 0 Å². The van der Waals surface area contributed by atoms with Crippen molar-refractivity contribution in [1.82, 2.24) is 4.90 Å². The molecule has 0 radical (unpaired) electrons. The van der Waals surface area contributed by atoms with Crippen molar-refractivity contribution in [3.63, 3.8) is 0 Å². The Kier molecular flexibility index (Phi) is 5.83. The number of para-hydroxylation sites is 2. The van der Waals surface area contributed by atoms with Gasteiger partial charge >= 0.3 is 0 Å². The van der Waals surface area contributed by atoms with Crippen molar-refractivity contribution >= 4 is 17.3 Å². The Hall–Kier alpha value is -2.96. The van der Waals surface area contributed by atoms with E-state index in [0.717, 1.165) is 0 Å². The standard InChI is InChI=1S/C17H18FN3O3/c1-20(12-13-6-2-3-7-14(13)18)17(22)10-11-19-15-8-4-5-9-16(15)21(23)24/h2-9,19H,10-12H2,1H3. The number of carbonyl (C=O) groups excluding carboxylic acids is 1.